The topological polar surface area (TPSA) is 86.9 Å². The summed E-state index contributed by atoms with van der Waals surface area (Å²) in [6.07, 6.45) is 2.41. The highest BCUT2D eigenvalue weighted by atomic mass is 16.1. The fourth-order valence-corrected chi connectivity index (χ4v) is 2.36. The summed E-state index contributed by atoms with van der Waals surface area (Å²) in [5, 5.41) is 0. The van der Waals surface area contributed by atoms with Crippen LogP contribution in [0.3, 0.4) is 0 Å². The number of para-hydroxylation sites is 2. The number of unbranched alkanes of at least 4 members (excludes halogenated alkanes) is 1. The van der Waals surface area contributed by atoms with Crippen molar-refractivity contribution in [3.63, 3.8) is 0 Å². The molecule has 108 valence electrons. The van der Waals surface area contributed by atoms with Gasteiger partial charge in [0.1, 0.15) is 5.82 Å². The molecular formula is C15H22N4O. The van der Waals surface area contributed by atoms with Gasteiger partial charge < -0.3 is 16.0 Å². The lowest BCUT2D eigenvalue weighted by Gasteiger charge is -2.20. The molecule has 1 unspecified atom stereocenters. The summed E-state index contributed by atoms with van der Waals surface area (Å²) < 4.78 is 2.20. The quantitative estimate of drug-likeness (QED) is 0.786. The average Bonchev–Trinajstić information content (AvgIpc) is 2.70. The van der Waals surface area contributed by atoms with Crippen LogP contribution in [0.1, 0.15) is 32.0 Å². The number of nitrogens with zero attached hydrogens (tertiary/aromatic N) is 2. The Labute approximate surface area is 119 Å². The van der Waals surface area contributed by atoms with Crippen LogP contribution in [0.2, 0.25) is 0 Å². The summed E-state index contributed by atoms with van der Waals surface area (Å²) in [6, 6.07) is 8.10. The van der Waals surface area contributed by atoms with Gasteiger partial charge in [-0.25, -0.2) is 4.98 Å². The van der Waals surface area contributed by atoms with E-state index in [1.165, 1.54) is 0 Å². The Morgan fingerprint density at radius 2 is 2.05 bits per heavy atom. The molecule has 5 nitrogen and oxygen atoms in total. The molecule has 0 aliphatic heterocycles. The second-order valence-corrected chi connectivity index (χ2v) is 5.54. The zero-order valence-corrected chi connectivity index (χ0v) is 12.1. The second kappa shape index (κ2) is 5.63. The number of fused-ring (bicyclic) bond motifs is 1. The molecule has 2 aromatic rings. The first-order valence-electron chi connectivity index (χ1n) is 6.92. The minimum absolute atomic E-state index is 0.443. The van der Waals surface area contributed by atoms with Crippen molar-refractivity contribution in [3.05, 3.63) is 30.1 Å². The van der Waals surface area contributed by atoms with E-state index in [1.807, 2.05) is 25.1 Å². The number of carbonyl (C=O) groups excluding carboxylic acids is 1. The SMILES string of the molecule is Cc1nc2ccccc2n1CCCCC(C)(N)C(N)=O. The predicted molar refractivity (Wildman–Crippen MR) is 80.1 cm³/mol. The fraction of sp³-hybridized carbons (Fsp3) is 0.467. The first-order valence-corrected chi connectivity index (χ1v) is 6.92. The molecule has 0 spiro atoms. The highest BCUT2D eigenvalue weighted by Crippen LogP contribution is 2.17. The third kappa shape index (κ3) is 2.99. The van der Waals surface area contributed by atoms with Gasteiger partial charge in [0, 0.05) is 6.54 Å². The number of aryl methyl sites for hydroxylation is 2. The maximum Gasteiger partial charge on any atom is 0.237 e. The van der Waals surface area contributed by atoms with Gasteiger partial charge >= 0.3 is 0 Å². The van der Waals surface area contributed by atoms with E-state index in [9.17, 15) is 4.79 Å². The van der Waals surface area contributed by atoms with Crippen LogP contribution in [0.4, 0.5) is 0 Å². The van der Waals surface area contributed by atoms with Crippen molar-refractivity contribution in [2.24, 2.45) is 11.5 Å². The molecule has 0 saturated carbocycles. The molecule has 0 saturated heterocycles. The molecular weight excluding hydrogens is 252 g/mol. The van der Waals surface area contributed by atoms with E-state index < -0.39 is 11.4 Å². The Morgan fingerprint density at radius 3 is 2.75 bits per heavy atom. The maximum atomic E-state index is 11.2. The molecule has 1 aromatic heterocycles. The minimum Gasteiger partial charge on any atom is -0.368 e. The average molecular weight is 274 g/mol. The number of amides is 1. The number of primary amides is 1. The molecule has 0 fully saturated rings. The Kier molecular flexibility index (Phi) is 4.09. The molecule has 4 N–H and O–H groups in total. The zero-order valence-electron chi connectivity index (χ0n) is 12.1. The number of rotatable bonds is 6. The number of hydrogen-bond donors (Lipinski definition) is 2. The van der Waals surface area contributed by atoms with E-state index in [0.29, 0.717) is 6.42 Å². The van der Waals surface area contributed by atoms with E-state index >= 15 is 0 Å². The Bertz CT molecular complexity index is 615. The van der Waals surface area contributed by atoms with E-state index in [-0.39, 0.29) is 0 Å². The zero-order chi connectivity index (χ0) is 14.8. The van der Waals surface area contributed by atoms with E-state index in [0.717, 1.165) is 36.2 Å². The van der Waals surface area contributed by atoms with Crippen molar-refractivity contribution in [3.8, 4) is 0 Å². The molecule has 0 aliphatic carbocycles. The van der Waals surface area contributed by atoms with Gasteiger partial charge in [0.05, 0.1) is 16.6 Å². The highest BCUT2D eigenvalue weighted by Gasteiger charge is 2.24. The summed E-state index contributed by atoms with van der Waals surface area (Å²) >= 11 is 0. The Morgan fingerprint density at radius 1 is 1.35 bits per heavy atom. The van der Waals surface area contributed by atoms with Crippen LogP contribution >= 0.6 is 0 Å². The molecule has 0 radical (unpaired) electrons. The third-order valence-corrected chi connectivity index (χ3v) is 3.74. The van der Waals surface area contributed by atoms with Gasteiger partial charge in [-0.2, -0.15) is 0 Å². The minimum atomic E-state index is -0.911. The van der Waals surface area contributed by atoms with Gasteiger partial charge in [-0.05, 0) is 45.2 Å². The summed E-state index contributed by atoms with van der Waals surface area (Å²) in [7, 11) is 0. The molecule has 2 rings (SSSR count). The van der Waals surface area contributed by atoms with Gasteiger partial charge in [0.15, 0.2) is 0 Å². The lowest BCUT2D eigenvalue weighted by molar-refractivity contribution is -0.122. The first kappa shape index (κ1) is 14.5. The molecule has 5 heteroatoms. The van der Waals surface area contributed by atoms with Crippen LogP contribution in [0.25, 0.3) is 11.0 Å². The van der Waals surface area contributed by atoms with Crippen molar-refractivity contribution in [1.82, 2.24) is 9.55 Å². The molecule has 1 atom stereocenters. The van der Waals surface area contributed by atoms with Crippen LogP contribution in [-0.4, -0.2) is 21.0 Å². The molecule has 1 heterocycles. The van der Waals surface area contributed by atoms with E-state index in [4.69, 9.17) is 11.5 Å². The van der Waals surface area contributed by atoms with Crippen LogP contribution in [0.5, 0.6) is 0 Å². The Balaban J connectivity index is 1.97. The molecule has 0 aliphatic rings. The van der Waals surface area contributed by atoms with Crippen molar-refractivity contribution in [2.45, 2.75) is 45.2 Å². The smallest absolute Gasteiger partial charge is 0.237 e. The number of benzene rings is 1. The van der Waals surface area contributed by atoms with Crippen LogP contribution in [0, 0.1) is 6.92 Å². The van der Waals surface area contributed by atoms with E-state index in [1.54, 1.807) is 6.92 Å². The van der Waals surface area contributed by atoms with Crippen LogP contribution in [-0.2, 0) is 11.3 Å². The summed E-state index contributed by atoms with van der Waals surface area (Å²) in [5.41, 5.74) is 12.4. The maximum absolute atomic E-state index is 11.2. The molecule has 20 heavy (non-hydrogen) atoms. The highest BCUT2D eigenvalue weighted by molar-refractivity contribution is 5.83. The standard InChI is InChI=1S/C15H22N4O/c1-11-18-12-7-3-4-8-13(12)19(11)10-6-5-9-15(2,17)14(16)20/h3-4,7-8H,5-6,9-10,17H2,1-2H3,(H2,16,20). The number of imidazole rings is 1. The number of nitrogens with two attached hydrogens (primary N) is 2. The van der Waals surface area contributed by atoms with Crippen molar-refractivity contribution in [1.29, 1.82) is 0 Å². The fourth-order valence-electron chi connectivity index (χ4n) is 2.36. The Hall–Kier alpha value is -1.88. The predicted octanol–water partition coefficient (Wildman–Crippen LogP) is 1.72. The molecule has 1 amide bonds. The van der Waals surface area contributed by atoms with Crippen LogP contribution < -0.4 is 11.5 Å². The van der Waals surface area contributed by atoms with Gasteiger partial charge in [-0.1, -0.05) is 12.1 Å². The van der Waals surface area contributed by atoms with Gasteiger partial charge in [0.2, 0.25) is 5.91 Å². The van der Waals surface area contributed by atoms with Gasteiger partial charge in [0.25, 0.3) is 0 Å². The molecule has 1 aromatic carbocycles. The van der Waals surface area contributed by atoms with Gasteiger partial charge in [-0.3, -0.25) is 4.79 Å². The lowest BCUT2D eigenvalue weighted by Crippen LogP contribution is -2.49. The number of aromatic nitrogens is 2. The summed E-state index contributed by atoms with van der Waals surface area (Å²) in [6.45, 7) is 4.57. The number of hydrogen-bond acceptors (Lipinski definition) is 3. The summed E-state index contributed by atoms with van der Waals surface area (Å²) in [4.78, 5) is 15.7. The second-order valence-electron chi connectivity index (χ2n) is 5.54. The lowest BCUT2D eigenvalue weighted by atomic mass is 9.95. The van der Waals surface area contributed by atoms with Crippen LogP contribution in [0.15, 0.2) is 24.3 Å². The first-order chi connectivity index (χ1) is 9.42. The third-order valence-electron chi connectivity index (χ3n) is 3.74. The normalized spacial score (nSPS) is 14.3. The van der Waals surface area contributed by atoms with Gasteiger partial charge in [-0.15, -0.1) is 0 Å². The van der Waals surface area contributed by atoms with Crippen molar-refractivity contribution >= 4 is 16.9 Å². The van der Waals surface area contributed by atoms with Crippen molar-refractivity contribution in [2.75, 3.05) is 0 Å². The van der Waals surface area contributed by atoms with Crippen molar-refractivity contribution < 1.29 is 4.79 Å². The monoisotopic (exact) mass is 274 g/mol. The van der Waals surface area contributed by atoms with E-state index in [2.05, 4.69) is 15.6 Å². The number of carbonyl (C=O) groups is 1. The summed E-state index contributed by atoms with van der Waals surface area (Å²) in [5.74, 6) is 0.568. The largest absolute Gasteiger partial charge is 0.368 e. The molecule has 0 bridgehead atoms.